The summed E-state index contributed by atoms with van der Waals surface area (Å²) in [5.41, 5.74) is 0.218. The van der Waals surface area contributed by atoms with Gasteiger partial charge in [0.15, 0.2) is 0 Å². The van der Waals surface area contributed by atoms with Crippen molar-refractivity contribution < 1.29 is 19.8 Å². The van der Waals surface area contributed by atoms with Crippen molar-refractivity contribution in [1.82, 2.24) is 16.0 Å². The van der Waals surface area contributed by atoms with Crippen molar-refractivity contribution >= 4 is 23.6 Å². The zero-order chi connectivity index (χ0) is 25.3. The van der Waals surface area contributed by atoms with Crippen molar-refractivity contribution in [2.24, 2.45) is 29.6 Å². The lowest BCUT2D eigenvalue weighted by atomic mass is 9.75. The van der Waals surface area contributed by atoms with E-state index in [4.69, 9.17) is 0 Å². The van der Waals surface area contributed by atoms with E-state index in [2.05, 4.69) is 22.9 Å². The molecule has 5 rings (SSSR count). The molecule has 0 spiro atoms. The van der Waals surface area contributed by atoms with E-state index < -0.39 is 11.6 Å². The topological polar surface area (TPSA) is 111 Å². The number of carboxylic acid groups (broad SMARTS) is 1. The van der Waals surface area contributed by atoms with Gasteiger partial charge in [-0.25, -0.2) is 0 Å². The molecule has 6 atom stereocenters. The van der Waals surface area contributed by atoms with Gasteiger partial charge in [0.2, 0.25) is 0 Å². The number of hydrogen-bond donors (Lipinski definition) is 5. The molecule has 0 aromatic heterocycles. The second-order valence-electron chi connectivity index (χ2n) is 12.0. The number of fused-ring (bicyclic) bond motifs is 2. The number of rotatable bonds is 9. The zero-order valence-corrected chi connectivity index (χ0v) is 22.3. The first-order valence-electron chi connectivity index (χ1n) is 14.1. The first-order chi connectivity index (χ1) is 17.3. The summed E-state index contributed by atoms with van der Waals surface area (Å²) in [6.07, 6.45) is 14.4. The Kier molecular flexibility index (Phi) is 8.04. The van der Waals surface area contributed by atoms with E-state index in [1.165, 1.54) is 0 Å². The fourth-order valence-electron chi connectivity index (χ4n) is 7.57. The van der Waals surface area contributed by atoms with Gasteiger partial charge in [-0.05, 0) is 112 Å². The Morgan fingerprint density at radius 3 is 2.58 bits per heavy atom. The highest BCUT2D eigenvalue weighted by Crippen LogP contribution is 2.55. The van der Waals surface area contributed by atoms with Crippen molar-refractivity contribution in [2.45, 2.75) is 95.4 Å². The Bertz CT molecular complexity index is 899. The summed E-state index contributed by atoms with van der Waals surface area (Å²) < 4.78 is 0. The van der Waals surface area contributed by atoms with Crippen molar-refractivity contribution in [2.75, 3.05) is 12.3 Å². The van der Waals surface area contributed by atoms with Gasteiger partial charge in [0.25, 0.3) is 5.91 Å². The Labute approximate surface area is 219 Å². The van der Waals surface area contributed by atoms with E-state index in [0.29, 0.717) is 29.2 Å². The molecule has 1 heterocycles. The Morgan fingerprint density at radius 2 is 1.83 bits per heavy atom. The van der Waals surface area contributed by atoms with Crippen LogP contribution in [-0.2, 0) is 9.59 Å². The molecule has 5 N–H and O–H groups in total. The molecule has 4 fully saturated rings. The third kappa shape index (κ3) is 5.81. The van der Waals surface area contributed by atoms with E-state index in [-0.39, 0.29) is 24.0 Å². The van der Waals surface area contributed by atoms with E-state index in [1.54, 1.807) is 11.8 Å². The number of carboxylic acids is 1. The van der Waals surface area contributed by atoms with Crippen LogP contribution in [0.2, 0.25) is 0 Å². The van der Waals surface area contributed by atoms with E-state index in [9.17, 15) is 19.8 Å². The van der Waals surface area contributed by atoms with Crippen molar-refractivity contribution in [1.29, 1.82) is 0 Å². The molecular weight excluding hydrogens is 474 g/mol. The molecule has 0 aromatic rings. The largest absolute Gasteiger partial charge is 0.481 e. The van der Waals surface area contributed by atoms with Crippen LogP contribution in [0.3, 0.4) is 0 Å². The summed E-state index contributed by atoms with van der Waals surface area (Å²) >= 11 is 1.70. The van der Waals surface area contributed by atoms with Crippen molar-refractivity contribution in [3.8, 4) is 0 Å². The standard InChI is InChI=1S/C28H43N3O4S/c1-2-11-36-26-22(8-10-24(31-26)29-16-17-3-5-18(6-4-17)27(33)34)25(32)30-23-9-7-19-13-28(35)14-20(19)12-21(23)15-28/h8,10,17-21,23-24,29,31,35H,2-7,9,11-16H2,1H3,(H,30,32)(H,33,34)/t17?,18?,19?,20?,21?,23?,24?,28-/m1/s1. The molecule has 5 aliphatic rings. The lowest BCUT2D eigenvalue weighted by Crippen LogP contribution is -2.48. The Hall–Kier alpha value is -1.51. The number of carbonyl (C=O) groups is 2. The van der Waals surface area contributed by atoms with Crippen LogP contribution in [0.15, 0.2) is 22.8 Å². The highest BCUT2D eigenvalue weighted by molar-refractivity contribution is 8.03. The van der Waals surface area contributed by atoms with Crippen LogP contribution in [0.1, 0.15) is 77.6 Å². The molecular formula is C28H43N3O4S. The summed E-state index contributed by atoms with van der Waals surface area (Å²) in [5, 5.41) is 31.7. The Morgan fingerprint density at radius 1 is 1.08 bits per heavy atom. The van der Waals surface area contributed by atoms with Crippen molar-refractivity contribution in [3.05, 3.63) is 22.8 Å². The van der Waals surface area contributed by atoms with Gasteiger partial charge < -0.3 is 20.8 Å². The molecule has 1 amide bonds. The molecule has 1 aliphatic heterocycles. The summed E-state index contributed by atoms with van der Waals surface area (Å²) in [6, 6.07) is 0.146. The molecule has 4 saturated carbocycles. The van der Waals surface area contributed by atoms with Crippen LogP contribution in [-0.4, -0.2) is 52.2 Å². The molecule has 5 unspecified atom stereocenters. The lowest BCUT2D eigenvalue weighted by Gasteiger charge is -2.38. The van der Waals surface area contributed by atoms with E-state index >= 15 is 0 Å². The molecule has 0 aromatic carbocycles. The van der Waals surface area contributed by atoms with Gasteiger partial charge in [-0.1, -0.05) is 6.92 Å². The monoisotopic (exact) mass is 517 g/mol. The van der Waals surface area contributed by atoms with Gasteiger partial charge in [0.1, 0.15) is 0 Å². The van der Waals surface area contributed by atoms with Crippen LogP contribution in [0.4, 0.5) is 0 Å². The molecule has 200 valence electrons. The van der Waals surface area contributed by atoms with Crippen LogP contribution in [0.25, 0.3) is 0 Å². The second kappa shape index (κ2) is 11.1. The van der Waals surface area contributed by atoms with Crippen LogP contribution < -0.4 is 16.0 Å². The van der Waals surface area contributed by atoms with Gasteiger partial charge in [0, 0.05) is 12.6 Å². The average Bonchev–Trinajstić information content (AvgIpc) is 3.03. The summed E-state index contributed by atoms with van der Waals surface area (Å²) in [5.74, 6) is 2.23. The van der Waals surface area contributed by atoms with Crippen LogP contribution in [0, 0.1) is 29.6 Å². The number of thioether (sulfide) groups is 1. The maximum Gasteiger partial charge on any atom is 0.306 e. The highest BCUT2D eigenvalue weighted by atomic mass is 32.2. The van der Waals surface area contributed by atoms with Gasteiger partial charge in [0.05, 0.1) is 28.3 Å². The quantitative estimate of drug-likeness (QED) is 0.317. The second-order valence-corrected chi connectivity index (χ2v) is 13.2. The number of dihydropyridines is 1. The highest BCUT2D eigenvalue weighted by Gasteiger charge is 2.53. The lowest BCUT2D eigenvalue weighted by molar-refractivity contribution is -0.143. The van der Waals surface area contributed by atoms with E-state index in [1.807, 2.05) is 12.2 Å². The van der Waals surface area contributed by atoms with Crippen LogP contribution in [0.5, 0.6) is 0 Å². The minimum atomic E-state index is -0.661. The first-order valence-corrected chi connectivity index (χ1v) is 15.1. The predicted molar refractivity (Wildman–Crippen MR) is 142 cm³/mol. The van der Waals surface area contributed by atoms with Gasteiger partial charge in [-0.2, -0.15) is 0 Å². The number of carbonyl (C=O) groups excluding carboxylic acids is 1. The molecule has 7 nitrogen and oxygen atoms in total. The normalized spacial score (nSPS) is 39.6. The number of aliphatic carboxylic acids is 1. The van der Waals surface area contributed by atoms with E-state index in [0.717, 1.165) is 88.0 Å². The SMILES string of the molecule is CCCSC1=C(C(=O)NC2CCC3C[C@@]4(O)CC3CC2C4)C=CC(NCC2CCC(C(=O)O)CC2)N1. The third-order valence-corrected chi connectivity index (χ3v) is 10.7. The number of nitrogens with one attached hydrogen (secondary N) is 3. The summed E-state index contributed by atoms with van der Waals surface area (Å²) in [6.45, 7) is 2.99. The summed E-state index contributed by atoms with van der Waals surface area (Å²) in [4.78, 5) is 24.7. The first kappa shape index (κ1) is 26.1. The Balaban J connectivity index is 1.18. The average molecular weight is 518 g/mol. The van der Waals surface area contributed by atoms with Crippen molar-refractivity contribution in [3.63, 3.8) is 0 Å². The molecule has 8 heteroatoms. The molecule has 3 bridgehead atoms. The van der Waals surface area contributed by atoms with Gasteiger partial charge in [-0.3, -0.25) is 14.9 Å². The number of amides is 1. The number of hydrogen-bond acceptors (Lipinski definition) is 6. The zero-order valence-electron chi connectivity index (χ0n) is 21.5. The molecule has 4 aliphatic carbocycles. The fraction of sp³-hybridized carbons (Fsp3) is 0.786. The minimum absolute atomic E-state index is 0.00233. The molecule has 36 heavy (non-hydrogen) atoms. The molecule has 0 radical (unpaired) electrons. The smallest absolute Gasteiger partial charge is 0.306 e. The maximum absolute atomic E-state index is 13.5. The molecule has 0 saturated heterocycles. The van der Waals surface area contributed by atoms with Gasteiger partial charge >= 0.3 is 5.97 Å². The fourth-order valence-corrected chi connectivity index (χ4v) is 8.50. The summed E-state index contributed by atoms with van der Waals surface area (Å²) in [7, 11) is 0. The predicted octanol–water partition coefficient (Wildman–Crippen LogP) is 3.75. The van der Waals surface area contributed by atoms with Gasteiger partial charge in [-0.15, -0.1) is 11.8 Å². The minimum Gasteiger partial charge on any atom is -0.481 e. The number of aliphatic hydroxyl groups is 1. The van der Waals surface area contributed by atoms with Crippen LogP contribution >= 0.6 is 11.8 Å². The maximum atomic E-state index is 13.5. The third-order valence-electron chi connectivity index (χ3n) is 9.44.